The second-order valence-corrected chi connectivity index (χ2v) is 7.67. The molecule has 0 saturated carbocycles. The Morgan fingerprint density at radius 1 is 0.848 bits per heavy atom. The summed E-state index contributed by atoms with van der Waals surface area (Å²) in [4.78, 5) is 27.5. The minimum absolute atomic E-state index is 0.437. The number of carbonyl (C=O) groups is 2. The highest BCUT2D eigenvalue weighted by Gasteiger charge is 2.37. The van der Waals surface area contributed by atoms with Crippen LogP contribution >= 0.6 is 0 Å². The zero-order chi connectivity index (χ0) is 22.9. The van der Waals surface area contributed by atoms with Crippen molar-refractivity contribution in [2.75, 3.05) is 14.2 Å². The average molecular weight is 438 g/mol. The molecular formula is C27H22N2O4. The van der Waals surface area contributed by atoms with E-state index in [1.54, 1.807) is 11.1 Å². The average Bonchev–Trinajstić information content (AvgIpc) is 3.22. The lowest BCUT2D eigenvalue weighted by atomic mass is 9.89. The molecule has 6 heteroatoms. The molecule has 0 aliphatic carbocycles. The third-order valence-electron chi connectivity index (χ3n) is 5.96. The minimum atomic E-state index is -0.526. The first-order valence-corrected chi connectivity index (χ1v) is 10.6. The lowest BCUT2D eigenvalue weighted by Crippen LogP contribution is -2.34. The number of aromatic nitrogens is 1. The van der Waals surface area contributed by atoms with Gasteiger partial charge in [-0.25, -0.2) is 9.59 Å². The maximum absolute atomic E-state index is 13.1. The van der Waals surface area contributed by atoms with E-state index in [9.17, 15) is 9.59 Å². The number of carbonyl (C=O) groups excluding carboxylic acids is 2. The summed E-state index contributed by atoms with van der Waals surface area (Å²) in [6.45, 7) is 0. The van der Waals surface area contributed by atoms with Gasteiger partial charge in [0.25, 0.3) is 0 Å². The van der Waals surface area contributed by atoms with Crippen molar-refractivity contribution in [3.05, 3.63) is 108 Å². The van der Waals surface area contributed by atoms with Crippen molar-refractivity contribution in [1.82, 2.24) is 9.30 Å². The summed E-state index contributed by atoms with van der Waals surface area (Å²) < 4.78 is 12.3. The fraction of sp³-hybridized carbons (Fsp3) is 0.111. The zero-order valence-corrected chi connectivity index (χ0v) is 18.3. The molecule has 0 fully saturated rings. The Kier molecular flexibility index (Phi) is 5.18. The molecule has 1 unspecified atom stereocenters. The zero-order valence-electron chi connectivity index (χ0n) is 18.3. The molecule has 0 radical (unpaired) electrons. The van der Waals surface area contributed by atoms with Gasteiger partial charge >= 0.3 is 12.1 Å². The molecule has 5 rings (SSSR count). The van der Waals surface area contributed by atoms with Crippen LogP contribution in [0.1, 0.15) is 33.2 Å². The van der Waals surface area contributed by atoms with Gasteiger partial charge in [0.1, 0.15) is 6.04 Å². The highest BCUT2D eigenvalue weighted by Crippen LogP contribution is 2.44. The molecule has 3 heterocycles. The molecule has 0 spiro atoms. The van der Waals surface area contributed by atoms with Gasteiger partial charge in [-0.2, -0.15) is 0 Å². The number of fused-ring (bicyclic) bond motifs is 2. The van der Waals surface area contributed by atoms with Crippen LogP contribution in [0.3, 0.4) is 0 Å². The van der Waals surface area contributed by atoms with Gasteiger partial charge < -0.3 is 13.9 Å². The molecule has 1 amide bonds. The summed E-state index contributed by atoms with van der Waals surface area (Å²) >= 11 is 0. The number of ether oxygens (including phenoxy) is 2. The van der Waals surface area contributed by atoms with Crippen LogP contribution in [0.5, 0.6) is 0 Å². The molecule has 33 heavy (non-hydrogen) atoms. The van der Waals surface area contributed by atoms with Crippen molar-refractivity contribution in [3.8, 4) is 11.1 Å². The predicted molar refractivity (Wildman–Crippen MR) is 126 cm³/mol. The quantitative estimate of drug-likeness (QED) is 0.394. The van der Waals surface area contributed by atoms with E-state index in [2.05, 4.69) is 0 Å². The van der Waals surface area contributed by atoms with Crippen molar-refractivity contribution in [2.24, 2.45) is 0 Å². The first kappa shape index (κ1) is 20.6. The van der Waals surface area contributed by atoms with Gasteiger partial charge in [0, 0.05) is 18.0 Å². The Morgan fingerprint density at radius 2 is 1.58 bits per heavy atom. The molecule has 6 nitrogen and oxygen atoms in total. The van der Waals surface area contributed by atoms with Crippen LogP contribution in [0.25, 0.3) is 22.7 Å². The van der Waals surface area contributed by atoms with Crippen LogP contribution in [0.4, 0.5) is 4.79 Å². The SMILES string of the molecule is COC(=O)c1c(-c2ccccc2)c(C2c3ccccc3C=CN2C(=O)OC)n2ccccc12. The molecule has 0 bridgehead atoms. The summed E-state index contributed by atoms with van der Waals surface area (Å²) in [6.07, 6.45) is 5.03. The molecule has 0 saturated heterocycles. The molecule has 2 aromatic heterocycles. The van der Waals surface area contributed by atoms with Gasteiger partial charge in [-0.1, -0.05) is 60.7 Å². The van der Waals surface area contributed by atoms with E-state index in [-0.39, 0.29) is 0 Å². The molecule has 1 aliphatic heterocycles. The number of pyridine rings is 1. The Morgan fingerprint density at radius 3 is 2.33 bits per heavy atom. The predicted octanol–water partition coefficient (Wildman–Crippen LogP) is 5.54. The van der Waals surface area contributed by atoms with E-state index < -0.39 is 18.1 Å². The third kappa shape index (κ3) is 3.27. The van der Waals surface area contributed by atoms with Crippen molar-refractivity contribution >= 4 is 23.7 Å². The number of esters is 1. The summed E-state index contributed by atoms with van der Waals surface area (Å²) in [5.41, 5.74) is 5.44. The Labute approximate surface area is 191 Å². The molecular weight excluding hydrogens is 416 g/mol. The van der Waals surface area contributed by atoms with E-state index in [4.69, 9.17) is 9.47 Å². The lowest BCUT2D eigenvalue weighted by Gasteiger charge is -2.33. The number of nitrogens with zero attached hydrogens (tertiary/aromatic N) is 2. The molecule has 1 atom stereocenters. The lowest BCUT2D eigenvalue weighted by molar-refractivity contribution is 0.0604. The molecule has 164 valence electrons. The van der Waals surface area contributed by atoms with Crippen molar-refractivity contribution in [2.45, 2.75) is 6.04 Å². The molecule has 2 aromatic carbocycles. The molecule has 4 aromatic rings. The van der Waals surface area contributed by atoms with Crippen LogP contribution in [0, 0.1) is 0 Å². The third-order valence-corrected chi connectivity index (χ3v) is 5.96. The second-order valence-electron chi connectivity index (χ2n) is 7.67. The maximum atomic E-state index is 13.1. The Bertz CT molecular complexity index is 1390. The van der Waals surface area contributed by atoms with E-state index in [1.165, 1.54) is 14.2 Å². The first-order chi connectivity index (χ1) is 16.2. The summed E-state index contributed by atoms with van der Waals surface area (Å²) in [7, 11) is 2.74. The molecule has 0 N–H and O–H groups in total. The highest BCUT2D eigenvalue weighted by molar-refractivity contribution is 6.06. The van der Waals surface area contributed by atoms with E-state index in [0.29, 0.717) is 11.1 Å². The number of hydrogen-bond donors (Lipinski definition) is 0. The number of amides is 1. The van der Waals surface area contributed by atoms with Crippen molar-refractivity contribution in [1.29, 1.82) is 0 Å². The fourth-order valence-corrected chi connectivity index (χ4v) is 4.57. The smallest absolute Gasteiger partial charge is 0.414 e. The number of rotatable bonds is 3. The van der Waals surface area contributed by atoms with Gasteiger partial charge in [-0.05, 0) is 34.9 Å². The van der Waals surface area contributed by atoms with E-state index >= 15 is 0 Å². The van der Waals surface area contributed by atoms with Crippen LogP contribution in [-0.4, -0.2) is 35.6 Å². The number of benzene rings is 2. The van der Waals surface area contributed by atoms with Gasteiger partial charge in [-0.15, -0.1) is 0 Å². The van der Waals surface area contributed by atoms with E-state index in [0.717, 1.165) is 27.9 Å². The minimum Gasteiger partial charge on any atom is -0.465 e. The molecule has 1 aliphatic rings. The van der Waals surface area contributed by atoms with Gasteiger partial charge in [0.2, 0.25) is 0 Å². The van der Waals surface area contributed by atoms with Crippen LogP contribution in [0.2, 0.25) is 0 Å². The number of hydrogen-bond acceptors (Lipinski definition) is 4. The summed E-state index contributed by atoms with van der Waals surface area (Å²) in [5.74, 6) is -0.437. The van der Waals surface area contributed by atoms with Gasteiger partial charge in [0.05, 0.1) is 31.0 Å². The summed E-state index contributed by atoms with van der Waals surface area (Å²) in [5, 5.41) is 0. The van der Waals surface area contributed by atoms with Crippen LogP contribution in [0.15, 0.2) is 85.2 Å². The second kappa shape index (κ2) is 8.31. The first-order valence-electron chi connectivity index (χ1n) is 10.6. The standard InChI is InChI=1S/C27H22N2O4/c1-32-26(30)23-21-14-8-9-16-28(21)25(22(23)19-11-4-3-5-12-19)24-20-13-7-6-10-18(20)15-17-29(24)27(31)33-2/h3-17,24H,1-2H3. The Hall–Kier alpha value is -4.32. The maximum Gasteiger partial charge on any atom is 0.414 e. The van der Waals surface area contributed by atoms with Gasteiger partial charge in [-0.3, -0.25) is 4.90 Å². The fourth-order valence-electron chi connectivity index (χ4n) is 4.57. The largest absolute Gasteiger partial charge is 0.465 e. The monoisotopic (exact) mass is 438 g/mol. The van der Waals surface area contributed by atoms with Gasteiger partial charge in [0.15, 0.2) is 0 Å². The van der Waals surface area contributed by atoms with Crippen LogP contribution in [-0.2, 0) is 9.47 Å². The topological polar surface area (TPSA) is 60.2 Å². The van der Waals surface area contributed by atoms with Crippen molar-refractivity contribution < 1.29 is 19.1 Å². The van der Waals surface area contributed by atoms with Crippen LogP contribution < -0.4 is 0 Å². The summed E-state index contributed by atoms with van der Waals surface area (Å²) in [6, 6.07) is 22.7. The van der Waals surface area contributed by atoms with Crippen molar-refractivity contribution in [3.63, 3.8) is 0 Å². The normalized spacial score (nSPS) is 14.7. The highest BCUT2D eigenvalue weighted by atomic mass is 16.5. The number of methoxy groups -OCH3 is 2. The Balaban J connectivity index is 1.92. The van der Waals surface area contributed by atoms with E-state index in [1.807, 2.05) is 89.5 Å².